The van der Waals surface area contributed by atoms with E-state index in [1.807, 2.05) is 11.8 Å². The minimum absolute atomic E-state index is 0.00965. The van der Waals surface area contributed by atoms with Crippen molar-refractivity contribution in [3.8, 4) is 0 Å². The second-order valence-electron chi connectivity index (χ2n) is 6.41. The van der Waals surface area contributed by atoms with Gasteiger partial charge in [0.1, 0.15) is 6.17 Å². The molecule has 1 aromatic heterocycles. The van der Waals surface area contributed by atoms with Gasteiger partial charge in [0, 0.05) is 21.8 Å². The third-order valence-electron chi connectivity index (χ3n) is 4.17. The van der Waals surface area contributed by atoms with Crippen LogP contribution in [0.1, 0.15) is 36.7 Å². The molecule has 5 heteroatoms. The van der Waals surface area contributed by atoms with Crippen molar-refractivity contribution in [3.63, 3.8) is 0 Å². The number of aryl methyl sites for hydroxylation is 1. The molecule has 2 heterocycles. The van der Waals surface area contributed by atoms with Gasteiger partial charge in [0.05, 0.1) is 6.04 Å². The second-order valence-corrected chi connectivity index (χ2v) is 7.73. The lowest BCUT2D eigenvalue weighted by atomic mass is 10.0. The number of hydrogen-bond donors (Lipinski definition) is 1. The summed E-state index contributed by atoms with van der Waals surface area (Å²) in [4.78, 5) is 19.1. The van der Waals surface area contributed by atoms with E-state index in [1.165, 1.54) is 9.75 Å². The van der Waals surface area contributed by atoms with Crippen molar-refractivity contribution < 1.29 is 4.79 Å². The van der Waals surface area contributed by atoms with Crippen LogP contribution >= 0.6 is 11.3 Å². The molecule has 0 radical (unpaired) electrons. The monoisotopic (exact) mass is 295 g/mol. The van der Waals surface area contributed by atoms with E-state index in [0.717, 1.165) is 6.54 Å². The lowest BCUT2D eigenvalue weighted by Crippen LogP contribution is -2.49. The maximum absolute atomic E-state index is 12.4. The minimum atomic E-state index is -0.111. The largest absolute Gasteiger partial charge is 0.319 e. The van der Waals surface area contributed by atoms with E-state index >= 15 is 0 Å². The standard InChI is InChI=1S/C15H25N3OS/c1-10-7-8-12(20-10)13-16-11(2)14(19)18(13)9-15(3,4)17(5)6/h7-8,11,13,16H,9H2,1-6H3. The molecule has 1 aliphatic rings. The highest BCUT2D eigenvalue weighted by atomic mass is 32.1. The molecule has 0 saturated carbocycles. The molecule has 0 spiro atoms. The number of rotatable bonds is 4. The van der Waals surface area contributed by atoms with E-state index in [2.05, 4.69) is 57.2 Å². The molecule has 1 saturated heterocycles. The summed E-state index contributed by atoms with van der Waals surface area (Å²) in [5.74, 6) is 0.191. The predicted octanol–water partition coefficient (Wildman–Crippen LogP) is 2.22. The summed E-state index contributed by atoms with van der Waals surface area (Å²) in [6.45, 7) is 9.10. The SMILES string of the molecule is Cc1ccc(C2NC(C)C(=O)N2CC(C)(C)N(C)C)s1. The Morgan fingerprint density at radius 3 is 2.55 bits per heavy atom. The highest BCUT2D eigenvalue weighted by Crippen LogP contribution is 2.32. The van der Waals surface area contributed by atoms with Crippen LogP contribution in [0.15, 0.2) is 12.1 Å². The van der Waals surface area contributed by atoms with E-state index in [9.17, 15) is 4.79 Å². The smallest absolute Gasteiger partial charge is 0.241 e. The summed E-state index contributed by atoms with van der Waals surface area (Å²) < 4.78 is 0. The van der Waals surface area contributed by atoms with E-state index in [-0.39, 0.29) is 23.7 Å². The van der Waals surface area contributed by atoms with Gasteiger partial charge in [-0.3, -0.25) is 10.1 Å². The number of carbonyl (C=O) groups is 1. The summed E-state index contributed by atoms with van der Waals surface area (Å²) in [5, 5.41) is 3.41. The number of amides is 1. The number of nitrogens with zero attached hydrogens (tertiary/aromatic N) is 2. The molecule has 0 aliphatic carbocycles. The third kappa shape index (κ3) is 2.90. The Kier molecular flexibility index (Phi) is 4.23. The molecule has 0 bridgehead atoms. The number of likely N-dealkylation sites (N-methyl/N-ethyl adjacent to an activating group) is 1. The second kappa shape index (κ2) is 5.47. The van der Waals surface area contributed by atoms with Crippen molar-refractivity contribution >= 4 is 17.2 Å². The summed E-state index contributed by atoms with van der Waals surface area (Å²) in [6, 6.07) is 4.13. The zero-order chi connectivity index (χ0) is 15.1. The van der Waals surface area contributed by atoms with Crippen LogP contribution in [0.3, 0.4) is 0 Å². The summed E-state index contributed by atoms with van der Waals surface area (Å²) in [7, 11) is 4.11. The van der Waals surface area contributed by atoms with Crippen LogP contribution in [-0.4, -0.2) is 47.9 Å². The summed E-state index contributed by atoms with van der Waals surface area (Å²) >= 11 is 1.76. The first-order valence-corrected chi connectivity index (χ1v) is 7.84. The fourth-order valence-corrected chi connectivity index (χ4v) is 3.29. The molecule has 2 atom stereocenters. The highest BCUT2D eigenvalue weighted by molar-refractivity contribution is 7.12. The quantitative estimate of drug-likeness (QED) is 0.925. The Bertz CT molecular complexity index is 495. The van der Waals surface area contributed by atoms with Gasteiger partial charge in [0.25, 0.3) is 0 Å². The molecule has 1 fully saturated rings. The topological polar surface area (TPSA) is 35.6 Å². The Morgan fingerprint density at radius 2 is 2.05 bits per heavy atom. The molecule has 2 unspecified atom stereocenters. The average Bonchev–Trinajstić information content (AvgIpc) is 2.88. The lowest BCUT2D eigenvalue weighted by molar-refractivity contribution is -0.131. The molecule has 1 aromatic rings. The molecule has 1 N–H and O–H groups in total. The first-order chi connectivity index (χ1) is 9.22. The van der Waals surface area contributed by atoms with Crippen LogP contribution in [0.4, 0.5) is 0 Å². The van der Waals surface area contributed by atoms with Gasteiger partial charge in [-0.2, -0.15) is 0 Å². The highest BCUT2D eigenvalue weighted by Gasteiger charge is 2.40. The molecular formula is C15H25N3OS. The number of carbonyl (C=O) groups excluding carboxylic acids is 1. The maximum Gasteiger partial charge on any atom is 0.241 e. The van der Waals surface area contributed by atoms with E-state index in [0.29, 0.717) is 0 Å². The Hall–Kier alpha value is -0.910. The van der Waals surface area contributed by atoms with Gasteiger partial charge in [0.2, 0.25) is 5.91 Å². The van der Waals surface area contributed by atoms with Gasteiger partial charge >= 0.3 is 0 Å². The fourth-order valence-electron chi connectivity index (χ4n) is 2.34. The van der Waals surface area contributed by atoms with Crippen LogP contribution < -0.4 is 5.32 Å². The lowest BCUT2D eigenvalue weighted by Gasteiger charge is -2.38. The fraction of sp³-hybridized carbons (Fsp3) is 0.667. The Labute approximate surface area is 125 Å². The molecular weight excluding hydrogens is 270 g/mol. The van der Waals surface area contributed by atoms with E-state index in [1.54, 1.807) is 11.3 Å². The van der Waals surface area contributed by atoms with Crippen molar-refractivity contribution in [3.05, 3.63) is 21.9 Å². The summed E-state index contributed by atoms with van der Waals surface area (Å²) in [5.41, 5.74) is -0.0496. The van der Waals surface area contributed by atoms with Crippen LogP contribution in [0.2, 0.25) is 0 Å². The van der Waals surface area contributed by atoms with Crippen molar-refractivity contribution in [2.75, 3.05) is 20.6 Å². The zero-order valence-electron chi connectivity index (χ0n) is 13.2. The number of nitrogens with one attached hydrogen (secondary N) is 1. The van der Waals surface area contributed by atoms with Gasteiger partial charge in [-0.15, -0.1) is 11.3 Å². The number of hydrogen-bond acceptors (Lipinski definition) is 4. The van der Waals surface area contributed by atoms with Crippen LogP contribution in [-0.2, 0) is 4.79 Å². The molecule has 20 heavy (non-hydrogen) atoms. The van der Waals surface area contributed by atoms with E-state index in [4.69, 9.17) is 0 Å². The van der Waals surface area contributed by atoms with Crippen molar-refractivity contribution in [1.82, 2.24) is 15.1 Å². The predicted molar refractivity (Wildman–Crippen MR) is 83.9 cm³/mol. The average molecular weight is 295 g/mol. The van der Waals surface area contributed by atoms with Crippen LogP contribution in [0, 0.1) is 6.92 Å². The van der Waals surface area contributed by atoms with Crippen molar-refractivity contribution in [2.24, 2.45) is 0 Å². The molecule has 0 aromatic carbocycles. The minimum Gasteiger partial charge on any atom is -0.319 e. The Morgan fingerprint density at radius 1 is 1.40 bits per heavy atom. The number of thiophene rings is 1. The molecule has 4 nitrogen and oxygen atoms in total. The van der Waals surface area contributed by atoms with E-state index < -0.39 is 0 Å². The van der Waals surface area contributed by atoms with Gasteiger partial charge < -0.3 is 9.80 Å². The van der Waals surface area contributed by atoms with Gasteiger partial charge in [-0.05, 0) is 53.9 Å². The zero-order valence-corrected chi connectivity index (χ0v) is 14.0. The maximum atomic E-state index is 12.4. The first-order valence-electron chi connectivity index (χ1n) is 7.02. The Balaban J connectivity index is 2.25. The molecule has 112 valence electrons. The molecule has 1 aliphatic heterocycles. The first kappa shape index (κ1) is 15.5. The van der Waals surface area contributed by atoms with Crippen molar-refractivity contribution in [1.29, 1.82) is 0 Å². The van der Waals surface area contributed by atoms with Crippen LogP contribution in [0.25, 0.3) is 0 Å². The van der Waals surface area contributed by atoms with Gasteiger partial charge in [-0.1, -0.05) is 0 Å². The van der Waals surface area contributed by atoms with Crippen molar-refractivity contribution in [2.45, 2.75) is 45.4 Å². The summed E-state index contributed by atoms with van der Waals surface area (Å²) in [6.07, 6.45) is 0.00965. The normalized spacial score (nSPS) is 23.9. The molecule has 2 rings (SSSR count). The third-order valence-corrected chi connectivity index (χ3v) is 5.22. The van der Waals surface area contributed by atoms with Crippen LogP contribution in [0.5, 0.6) is 0 Å². The van der Waals surface area contributed by atoms with Gasteiger partial charge in [0.15, 0.2) is 0 Å². The molecule has 1 amide bonds. The van der Waals surface area contributed by atoms with Gasteiger partial charge in [-0.25, -0.2) is 0 Å².